The molecule has 0 aliphatic rings. The molecule has 0 saturated carbocycles. The standard InChI is InChI=1S/C40H31N/c1-2-11-29-12-3-6-15-32(29)26-35-22-25-40(39-19-10-9-18-38(35)39)41(36-23-20-30-13-4-7-16-33(30)27-36)37-24-21-31-14-5-8-17-34(31)28-37/h2-25,27-28H,26H2,1H3/b11-2-. The highest BCUT2D eigenvalue weighted by Gasteiger charge is 2.18. The summed E-state index contributed by atoms with van der Waals surface area (Å²) < 4.78 is 0. The number of fused-ring (bicyclic) bond motifs is 3. The van der Waals surface area contributed by atoms with Crippen molar-refractivity contribution in [3.63, 3.8) is 0 Å². The maximum Gasteiger partial charge on any atom is 0.0540 e. The van der Waals surface area contributed by atoms with Crippen molar-refractivity contribution in [2.45, 2.75) is 13.3 Å². The van der Waals surface area contributed by atoms with Gasteiger partial charge < -0.3 is 4.90 Å². The van der Waals surface area contributed by atoms with Crippen molar-refractivity contribution in [1.82, 2.24) is 0 Å². The molecule has 0 fully saturated rings. The van der Waals surface area contributed by atoms with Crippen molar-refractivity contribution in [3.05, 3.63) is 168 Å². The molecule has 0 saturated heterocycles. The highest BCUT2D eigenvalue weighted by Crippen LogP contribution is 2.42. The number of allylic oxidation sites excluding steroid dienone is 1. The normalized spacial score (nSPS) is 11.5. The van der Waals surface area contributed by atoms with Crippen LogP contribution in [0.2, 0.25) is 0 Å². The largest absolute Gasteiger partial charge is 0.310 e. The lowest BCUT2D eigenvalue weighted by Gasteiger charge is -2.28. The quantitative estimate of drug-likeness (QED) is 0.209. The predicted octanol–water partition coefficient (Wildman–Crippen LogP) is 11.2. The fraction of sp³-hybridized carbons (Fsp3) is 0.0500. The van der Waals surface area contributed by atoms with E-state index in [-0.39, 0.29) is 0 Å². The Morgan fingerprint density at radius 3 is 1.71 bits per heavy atom. The Kier molecular flexibility index (Phi) is 6.55. The molecular formula is C40H31N. The molecule has 0 spiro atoms. The lowest BCUT2D eigenvalue weighted by atomic mass is 9.94. The van der Waals surface area contributed by atoms with Gasteiger partial charge in [-0.25, -0.2) is 0 Å². The molecule has 0 aromatic heterocycles. The minimum atomic E-state index is 0.882. The average Bonchev–Trinajstić information content (AvgIpc) is 3.03. The Bertz CT molecular complexity index is 1970. The summed E-state index contributed by atoms with van der Waals surface area (Å²) in [4.78, 5) is 2.42. The van der Waals surface area contributed by atoms with Crippen LogP contribution in [0.25, 0.3) is 38.4 Å². The van der Waals surface area contributed by atoms with Crippen molar-refractivity contribution >= 4 is 55.5 Å². The summed E-state index contributed by atoms with van der Waals surface area (Å²) in [6.45, 7) is 2.08. The van der Waals surface area contributed by atoms with Crippen LogP contribution >= 0.6 is 0 Å². The molecule has 1 nitrogen and oxygen atoms in total. The first-order valence-corrected chi connectivity index (χ1v) is 14.3. The molecule has 0 atom stereocenters. The summed E-state index contributed by atoms with van der Waals surface area (Å²) in [7, 11) is 0. The van der Waals surface area contributed by atoms with Gasteiger partial charge in [0.25, 0.3) is 0 Å². The second-order valence-corrected chi connectivity index (χ2v) is 10.6. The van der Waals surface area contributed by atoms with Gasteiger partial charge in [-0.1, -0.05) is 127 Å². The van der Waals surface area contributed by atoms with Gasteiger partial charge in [-0.15, -0.1) is 0 Å². The van der Waals surface area contributed by atoms with Crippen molar-refractivity contribution in [2.75, 3.05) is 4.90 Å². The van der Waals surface area contributed by atoms with Gasteiger partial charge >= 0.3 is 0 Å². The lowest BCUT2D eigenvalue weighted by Crippen LogP contribution is -2.11. The summed E-state index contributed by atoms with van der Waals surface area (Å²) >= 11 is 0. The van der Waals surface area contributed by atoms with Crippen LogP contribution in [0.4, 0.5) is 17.1 Å². The second kappa shape index (κ2) is 10.8. The minimum absolute atomic E-state index is 0.882. The van der Waals surface area contributed by atoms with E-state index in [9.17, 15) is 0 Å². The number of hydrogen-bond donors (Lipinski definition) is 0. The monoisotopic (exact) mass is 525 g/mol. The van der Waals surface area contributed by atoms with Crippen LogP contribution in [-0.4, -0.2) is 0 Å². The molecule has 0 bridgehead atoms. The van der Waals surface area contributed by atoms with Crippen molar-refractivity contribution < 1.29 is 0 Å². The van der Waals surface area contributed by atoms with Crippen molar-refractivity contribution in [2.24, 2.45) is 0 Å². The van der Waals surface area contributed by atoms with Crippen molar-refractivity contribution in [3.8, 4) is 0 Å². The number of rotatable bonds is 6. The molecule has 7 aromatic carbocycles. The zero-order valence-electron chi connectivity index (χ0n) is 23.2. The summed E-state index contributed by atoms with van der Waals surface area (Å²) in [5, 5.41) is 7.49. The Morgan fingerprint density at radius 2 is 1.05 bits per heavy atom. The zero-order valence-corrected chi connectivity index (χ0v) is 23.2. The van der Waals surface area contributed by atoms with Crippen LogP contribution in [-0.2, 0) is 6.42 Å². The first-order chi connectivity index (χ1) is 20.3. The van der Waals surface area contributed by atoms with E-state index in [0.717, 1.165) is 17.8 Å². The van der Waals surface area contributed by atoms with Gasteiger partial charge in [-0.3, -0.25) is 0 Å². The van der Waals surface area contributed by atoms with Gasteiger partial charge in [-0.2, -0.15) is 0 Å². The minimum Gasteiger partial charge on any atom is -0.310 e. The Hall–Kier alpha value is -5.14. The van der Waals surface area contributed by atoms with Crippen LogP contribution in [0, 0.1) is 0 Å². The molecule has 7 rings (SSSR count). The maximum absolute atomic E-state index is 2.42. The summed E-state index contributed by atoms with van der Waals surface area (Å²) in [6, 6.07) is 52.9. The highest BCUT2D eigenvalue weighted by atomic mass is 15.1. The van der Waals surface area contributed by atoms with Crippen LogP contribution in [0.15, 0.2) is 152 Å². The summed E-state index contributed by atoms with van der Waals surface area (Å²) in [5.74, 6) is 0. The molecule has 41 heavy (non-hydrogen) atoms. The maximum atomic E-state index is 2.42. The van der Waals surface area contributed by atoms with Crippen LogP contribution < -0.4 is 4.90 Å². The molecule has 7 aromatic rings. The molecule has 1 heteroatoms. The van der Waals surface area contributed by atoms with Crippen molar-refractivity contribution in [1.29, 1.82) is 0 Å². The Morgan fingerprint density at radius 1 is 0.488 bits per heavy atom. The second-order valence-electron chi connectivity index (χ2n) is 10.6. The van der Waals surface area contributed by atoms with Gasteiger partial charge in [0.05, 0.1) is 5.69 Å². The van der Waals surface area contributed by atoms with E-state index in [4.69, 9.17) is 0 Å². The molecule has 0 unspecified atom stereocenters. The average molecular weight is 526 g/mol. The van der Waals surface area contributed by atoms with Crippen LogP contribution in [0.1, 0.15) is 23.6 Å². The highest BCUT2D eigenvalue weighted by molar-refractivity contribution is 6.02. The first-order valence-electron chi connectivity index (χ1n) is 14.3. The molecule has 0 N–H and O–H groups in total. The third kappa shape index (κ3) is 4.77. The van der Waals surface area contributed by atoms with Gasteiger partial charge in [0, 0.05) is 16.8 Å². The van der Waals surface area contributed by atoms with E-state index in [0.29, 0.717) is 0 Å². The summed E-state index contributed by atoms with van der Waals surface area (Å²) in [6.07, 6.45) is 5.20. The van der Waals surface area contributed by atoms with Crippen LogP contribution in [0.5, 0.6) is 0 Å². The van der Waals surface area contributed by atoms with E-state index >= 15 is 0 Å². The van der Waals surface area contributed by atoms with E-state index in [1.807, 2.05) is 0 Å². The zero-order chi connectivity index (χ0) is 27.6. The first kappa shape index (κ1) is 24.9. The smallest absolute Gasteiger partial charge is 0.0540 e. The molecule has 0 radical (unpaired) electrons. The number of benzene rings is 7. The van der Waals surface area contributed by atoms with E-state index in [1.54, 1.807) is 0 Å². The molecular weight excluding hydrogens is 494 g/mol. The number of nitrogens with zero attached hydrogens (tertiary/aromatic N) is 1. The predicted molar refractivity (Wildman–Crippen MR) is 178 cm³/mol. The van der Waals surface area contributed by atoms with Gasteiger partial charge in [0.2, 0.25) is 0 Å². The summed E-state index contributed by atoms with van der Waals surface area (Å²) in [5.41, 5.74) is 7.42. The third-order valence-electron chi connectivity index (χ3n) is 8.00. The molecule has 0 aliphatic heterocycles. The fourth-order valence-corrected chi connectivity index (χ4v) is 6.00. The Balaban J connectivity index is 1.43. The lowest BCUT2D eigenvalue weighted by molar-refractivity contribution is 1.20. The van der Waals surface area contributed by atoms with E-state index in [2.05, 4.69) is 170 Å². The molecule has 196 valence electrons. The number of hydrogen-bond acceptors (Lipinski definition) is 1. The molecule has 0 heterocycles. The van der Waals surface area contributed by atoms with Crippen LogP contribution in [0.3, 0.4) is 0 Å². The third-order valence-corrected chi connectivity index (χ3v) is 8.00. The number of anilines is 3. The van der Waals surface area contributed by atoms with Gasteiger partial charge in [0.1, 0.15) is 0 Å². The van der Waals surface area contributed by atoms with Gasteiger partial charge in [-0.05, 0) is 87.3 Å². The van der Waals surface area contributed by atoms with E-state index in [1.165, 1.54) is 54.7 Å². The fourth-order valence-electron chi connectivity index (χ4n) is 6.00. The van der Waals surface area contributed by atoms with Gasteiger partial charge in [0.15, 0.2) is 0 Å². The molecule has 0 amide bonds. The topological polar surface area (TPSA) is 3.24 Å². The molecule has 0 aliphatic carbocycles. The van der Waals surface area contributed by atoms with E-state index < -0.39 is 0 Å². The Labute approximate surface area is 241 Å². The SMILES string of the molecule is C/C=C\c1ccccc1Cc1ccc(N(c2ccc3ccccc3c2)c2ccc3ccccc3c2)c2ccccc12.